The highest BCUT2D eigenvalue weighted by atomic mass is 16.5. The number of aromatic hydroxyl groups is 1. The molecule has 1 atom stereocenters. The first kappa shape index (κ1) is 20.9. The van der Waals surface area contributed by atoms with Crippen LogP contribution in [0.5, 0.6) is 5.75 Å². The molecule has 0 bridgehead atoms. The van der Waals surface area contributed by atoms with Gasteiger partial charge in [0.05, 0.1) is 37.3 Å². The molecule has 4 rings (SSSR count). The number of ether oxygens (including phenoxy) is 2. The number of anilines is 1. The van der Waals surface area contributed by atoms with Gasteiger partial charge in [0.15, 0.2) is 0 Å². The van der Waals surface area contributed by atoms with Crippen LogP contribution in [0.1, 0.15) is 38.1 Å². The maximum Gasteiger partial charge on any atom is 0.339 e. The van der Waals surface area contributed by atoms with Crippen molar-refractivity contribution in [1.82, 2.24) is 4.98 Å². The Kier molecular flexibility index (Phi) is 5.76. The van der Waals surface area contributed by atoms with Gasteiger partial charge in [-0.15, -0.1) is 0 Å². The van der Waals surface area contributed by atoms with Gasteiger partial charge in [0, 0.05) is 17.1 Å². The van der Waals surface area contributed by atoms with Crippen LogP contribution in [0, 0.1) is 0 Å². The summed E-state index contributed by atoms with van der Waals surface area (Å²) < 4.78 is 15.3. The predicted molar refractivity (Wildman–Crippen MR) is 117 cm³/mol. The Morgan fingerprint density at radius 1 is 1.03 bits per heavy atom. The zero-order valence-corrected chi connectivity index (χ0v) is 17.4. The van der Waals surface area contributed by atoms with Crippen molar-refractivity contribution in [3.8, 4) is 5.75 Å². The van der Waals surface area contributed by atoms with Crippen molar-refractivity contribution < 1.29 is 28.6 Å². The number of fused-ring (bicyclic) bond motifs is 1. The van der Waals surface area contributed by atoms with E-state index in [9.17, 15) is 14.7 Å². The summed E-state index contributed by atoms with van der Waals surface area (Å²) in [5.41, 5.74) is 1.66. The van der Waals surface area contributed by atoms with E-state index in [2.05, 4.69) is 10.3 Å². The van der Waals surface area contributed by atoms with E-state index in [1.54, 1.807) is 30.5 Å². The SMILES string of the molecule is COC(=O)c1ccc(C(=O)OC)c(NC(c2ccco2)c2ccc3cccnc3c2O)c1. The molecule has 0 fully saturated rings. The summed E-state index contributed by atoms with van der Waals surface area (Å²) in [6.07, 6.45) is 3.10. The standard InChI is InChI=1S/C24H20N2O6/c1-30-23(28)15-8-9-16(24(29)31-2)18(13-15)26-21(19-6-4-12-32-19)17-10-7-14-5-3-11-25-20(14)22(17)27/h3-13,21,26-27H,1-2H3. The molecular formula is C24H20N2O6. The first-order valence-electron chi connectivity index (χ1n) is 9.70. The van der Waals surface area contributed by atoms with Gasteiger partial charge in [-0.25, -0.2) is 9.59 Å². The number of carbonyl (C=O) groups excluding carboxylic acids is 2. The monoisotopic (exact) mass is 432 g/mol. The third-order valence-corrected chi connectivity index (χ3v) is 5.06. The highest BCUT2D eigenvalue weighted by Gasteiger charge is 2.25. The van der Waals surface area contributed by atoms with Crippen LogP contribution in [0.2, 0.25) is 0 Å². The number of nitrogens with one attached hydrogen (secondary N) is 1. The fourth-order valence-electron chi connectivity index (χ4n) is 3.49. The number of hydrogen-bond acceptors (Lipinski definition) is 8. The number of methoxy groups -OCH3 is 2. The second-order valence-corrected chi connectivity index (χ2v) is 6.91. The van der Waals surface area contributed by atoms with Gasteiger partial charge in [-0.05, 0) is 36.4 Å². The molecule has 0 aliphatic rings. The molecule has 2 heterocycles. The lowest BCUT2D eigenvalue weighted by Crippen LogP contribution is -2.16. The van der Waals surface area contributed by atoms with Crippen LogP contribution >= 0.6 is 0 Å². The second-order valence-electron chi connectivity index (χ2n) is 6.91. The molecule has 1 unspecified atom stereocenters. The van der Waals surface area contributed by atoms with Gasteiger partial charge >= 0.3 is 11.9 Å². The number of pyridine rings is 1. The van der Waals surface area contributed by atoms with Crippen LogP contribution in [0.3, 0.4) is 0 Å². The first-order valence-corrected chi connectivity index (χ1v) is 9.70. The molecule has 0 amide bonds. The first-order chi connectivity index (χ1) is 15.5. The topological polar surface area (TPSA) is 111 Å². The van der Waals surface area contributed by atoms with Crippen LogP contribution < -0.4 is 5.32 Å². The van der Waals surface area contributed by atoms with Gasteiger partial charge < -0.3 is 24.3 Å². The van der Waals surface area contributed by atoms with Gasteiger partial charge in [0.2, 0.25) is 0 Å². The van der Waals surface area contributed by atoms with Crippen molar-refractivity contribution >= 4 is 28.5 Å². The average Bonchev–Trinajstić information content (AvgIpc) is 3.37. The quantitative estimate of drug-likeness (QED) is 0.434. The normalized spacial score (nSPS) is 11.7. The summed E-state index contributed by atoms with van der Waals surface area (Å²) in [6.45, 7) is 0. The molecule has 2 aromatic heterocycles. The molecule has 0 saturated carbocycles. The Balaban J connectivity index is 1.86. The Morgan fingerprint density at radius 3 is 2.56 bits per heavy atom. The van der Waals surface area contributed by atoms with Crippen molar-refractivity contribution in [2.75, 3.05) is 19.5 Å². The summed E-state index contributed by atoms with van der Waals surface area (Å²) in [4.78, 5) is 28.7. The maximum atomic E-state index is 12.4. The number of nitrogens with zero attached hydrogens (tertiary/aromatic N) is 1. The van der Waals surface area contributed by atoms with Crippen LogP contribution in [-0.4, -0.2) is 36.2 Å². The molecule has 0 aliphatic carbocycles. The third kappa shape index (κ3) is 3.85. The Hall–Kier alpha value is -4.33. The fraction of sp³-hybridized carbons (Fsp3) is 0.125. The molecule has 0 spiro atoms. The molecule has 0 saturated heterocycles. The van der Waals surface area contributed by atoms with E-state index < -0.39 is 18.0 Å². The number of hydrogen-bond donors (Lipinski definition) is 2. The van der Waals surface area contributed by atoms with Crippen LogP contribution in [0.25, 0.3) is 10.9 Å². The number of benzene rings is 2. The maximum absolute atomic E-state index is 12.4. The molecular weight excluding hydrogens is 412 g/mol. The van der Waals surface area contributed by atoms with E-state index in [0.717, 1.165) is 5.39 Å². The van der Waals surface area contributed by atoms with Gasteiger partial charge in [-0.3, -0.25) is 4.98 Å². The van der Waals surface area contributed by atoms with Crippen LogP contribution in [0.4, 0.5) is 5.69 Å². The molecule has 2 aromatic carbocycles. The lowest BCUT2D eigenvalue weighted by Gasteiger charge is -2.22. The minimum Gasteiger partial charge on any atom is -0.505 e. The lowest BCUT2D eigenvalue weighted by atomic mass is 9.99. The zero-order chi connectivity index (χ0) is 22.7. The average molecular weight is 432 g/mol. The largest absolute Gasteiger partial charge is 0.505 e. The number of aromatic nitrogens is 1. The number of phenolic OH excluding ortho intramolecular Hbond substituents is 1. The summed E-state index contributed by atoms with van der Waals surface area (Å²) >= 11 is 0. The summed E-state index contributed by atoms with van der Waals surface area (Å²) in [5.74, 6) is -0.695. The minimum absolute atomic E-state index is 0.0271. The van der Waals surface area contributed by atoms with Crippen LogP contribution in [0.15, 0.2) is 71.5 Å². The van der Waals surface area contributed by atoms with E-state index in [4.69, 9.17) is 13.9 Å². The summed E-state index contributed by atoms with van der Waals surface area (Å²) in [7, 11) is 2.54. The Morgan fingerprint density at radius 2 is 1.84 bits per heavy atom. The number of phenols is 1. The van der Waals surface area contributed by atoms with Crippen LogP contribution in [-0.2, 0) is 9.47 Å². The Labute approximate surface area is 183 Å². The number of esters is 2. The van der Waals surface area contributed by atoms with Crippen molar-refractivity contribution in [2.45, 2.75) is 6.04 Å². The van der Waals surface area contributed by atoms with Crippen molar-refractivity contribution in [1.29, 1.82) is 0 Å². The minimum atomic E-state index is -0.701. The molecule has 8 nitrogen and oxygen atoms in total. The van der Waals surface area contributed by atoms with E-state index in [-0.39, 0.29) is 16.9 Å². The summed E-state index contributed by atoms with van der Waals surface area (Å²) in [5, 5.41) is 15.0. The third-order valence-electron chi connectivity index (χ3n) is 5.06. The van der Waals surface area contributed by atoms with Gasteiger partial charge in [0.25, 0.3) is 0 Å². The molecule has 2 N–H and O–H groups in total. The fourth-order valence-corrected chi connectivity index (χ4v) is 3.49. The molecule has 32 heavy (non-hydrogen) atoms. The Bertz CT molecular complexity index is 1280. The molecule has 162 valence electrons. The summed E-state index contributed by atoms with van der Waals surface area (Å²) in [6, 6.07) is 14.4. The van der Waals surface area contributed by atoms with E-state index in [1.165, 1.54) is 38.7 Å². The zero-order valence-electron chi connectivity index (χ0n) is 17.4. The highest BCUT2D eigenvalue weighted by Crippen LogP contribution is 2.37. The highest BCUT2D eigenvalue weighted by molar-refractivity contribution is 5.99. The number of rotatable bonds is 6. The lowest BCUT2D eigenvalue weighted by molar-refractivity contribution is 0.0587. The smallest absolute Gasteiger partial charge is 0.339 e. The molecule has 8 heteroatoms. The predicted octanol–water partition coefficient (Wildman–Crippen LogP) is 4.31. The molecule has 0 aliphatic heterocycles. The van der Waals surface area contributed by atoms with E-state index >= 15 is 0 Å². The van der Waals surface area contributed by atoms with Gasteiger partial charge in [-0.2, -0.15) is 0 Å². The number of carbonyl (C=O) groups is 2. The van der Waals surface area contributed by atoms with Crippen molar-refractivity contribution in [3.63, 3.8) is 0 Å². The van der Waals surface area contributed by atoms with Crippen molar-refractivity contribution in [2.24, 2.45) is 0 Å². The van der Waals surface area contributed by atoms with E-state index in [1.807, 2.05) is 12.1 Å². The molecule has 4 aromatic rings. The van der Waals surface area contributed by atoms with E-state index in [0.29, 0.717) is 22.5 Å². The van der Waals surface area contributed by atoms with Gasteiger partial charge in [0.1, 0.15) is 23.1 Å². The van der Waals surface area contributed by atoms with Gasteiger partial charge in [-0.1, -0.05) is 18.2 Å². The molecule has 0 radical (unpaired) electrons. The number of furan rings is 1. The second kappa shape index (κ2) is 8.81. The van der Waals surface area contributed by atoms with Crippen molar-refractivity contribution in [3.05, 3.63) is 89.5 Å².